The third kappa shape index (κ3) is 4.36. The third-order valence-corrected chi connectivity index (χ3v) is 8.47. The number of hydrogen-bond donors (Lipinski definition) is 0. The van der Waals surface area contributed by atoms with E-state index in [1.54, 1.807) is 42.5 Å². The Morgan fingerprint density at radius 1 is 1.10 bits per heavy atom. The maximum absolute atomic E-state index is 12.7. The van der Waals surface area contributed by atoms with Crippen molar-refractivity contribution in [3.05, 3.63) is 59.1 Å². The molecule has 1 aromatic heterocycles. The molecule has 2 heterocycles. The smallest absolute Gasteiger partial charge is 0.226 e. The van der Waals surface area contributed by atoms with E-state index in [2.05, 4.69) is 6.07 Å². The van der Waals surface area contributed by atoms with Crippen LogP contribution in [-0.4, -0.2) is 43.1 Å². The van der Waals surface area contributed by atoms with Gasteiger partial charge in [0.2, 0.25) is 5.91 Å². The molecule has 0 unspecified atom stereocenters. The number of amides is 1. The third-order valence-electron chi connectivity index (χ3n) is 5.53. The van der Waals surface area contributed by atoms with Crippen LogP contribution in [0.5, 0.6) is 0 Å². The standard InChI is InChI=1S/C22H24N2O3S2/c1-2-29(26,27)18-9-7-16(8-10-18)15-21(25)24-13-11-17(12-14-24)22-23-19-5-3-4-6-20(19)28-22/h3-10,17H,2,11-15H2,1H3. The lowest BCUT2D eigenvalue weighted by atomic mass is 9.97. The number of benzene rings is 2. The second kappa shape index (κ2) is 8.24. The Hall–Kier alpha value is -2.25. The van der Waals surface area contributed by atoms with E-state index in [-0.39, 0.29) is 11.7 Å². The topological polar surface area (TPSA) is 67.3 Å². The first kappa shape index (κ1) is 20.0. The zero-order valence-electron chi connectivity index (χ0n) is 16.4. The Balaban J connectivity index is 1.35. The Morgan fingerprint density at radius 2 is 1.79 bits per heavy atom. The Labute approximate surface area is 175 Å². The zero-order chi connectivity index (χ0) is 20.4. The van der Waals surface area contributed by atoms with Gasteiger partial charge in [0, 0.05) is 19.0 Å². The molecule has 1 aliphatic rings. The van der Waals surface area contributed by atoms with Gasteiger partial charge in [0.25, 0.3) is 0 Å². The van der Waals surface area contributed by atoms with Gasteiger partial charge in [0.05, 0.1) is 32.3 Å². The molecule has 0 aliphatic carbocycles. The van der Waals surface area contributed by atoms with Crippen LogP contribution in [0.25, 0.3) is 10.2 Å². The van der Waals surface area contributed by atoms with Crippen LogP contribution in [0.4, 0.5) is 0 Å². The van der Waals surface area contributed by atoms with Gasteiger partial charge in [-0.25, -0.2) is 13.4 Å². The first-order chi connectivity index (χ1) is 14.0. The number of sulfone groups is 1. The highest BCUT2D eigenvalue weighted by molar-refractivity contribution is 7.91. The lowest BCUT2D eigenvalue weighted by molar-refractivity contribution is -0.131. The minimum Gasteiger partial charge on any atom is -0.342 e. The van der Waals surface area contributed by atoms with Crippen molar-refractivity contribution in [2.45, 2.75) is 37.0 Å². The van der Waals surface area contributed by atoms with Gasteiger partial charge in [-0.15, -0.1) is 11.3 Å². The number of carbonyl (C=O) groups is 1. The zero-order valence-corrected chi connectivity index (χ0v) is 18.0. The maximum Gasteiger partial charge on any atom is 0.226 e. The van der Waals surface area contributed by atoms with Crippen molar-refractivity contribution in [2.75, 3.05) is 18.8 Å². The van der Waals surface area contributed by atoms with Crippen molar-refractivity contribution >= 4 is 37.3 Å². The van der Waals surface area contributed by atoms with E-state index in [1.807, 2.05) is 23.1 Å². The first-order valence-electron chi connectivity index (χ1n) is 9.91. The summed E-state index contributed by atoms with van der Waals surface area (Å²) in [7, 11) is -3.21. The lowest BCUT2D eigenvalue weighted by Crippen LogP contribution is -2.38. The second-order valence-corrected chi connectivity index (χ2v) is 10.7. The minimum absolute atomic E-state index is 0.0783. The monoisotopic (exact) mass is 428 g/mol. The van der Waals surface area contributed by atoms with E-state index in [1.165, 1.54) is 9.71 Å². The second-order valence-electron chi connectivity index (χ2n) is 7.40. The fourth-order valence-corrected chi connectivity index (χ4v) is 5.73. The van der Waals surface area contributed by atoms with Gasteiger partial charge in [-0.3, -0.25) is 4.79 Å². The summed E-state index contributed by atoms with van der Waals surface area (Å²) < 4.78 is 25.0. The molecule has 1 amide bonds. The molecular weight excluding hydrogens is 404 g/mol. The number of nitrogens with zero attached hydrogens (tertiary/aromatic N) is 2. The van der Waals surface area contributed by atoms with Crippen molar-refractivity contribution in [3.63, 3.8) is 0 Å². The molecule has 0 atom stereocenters. The molecule has 29 heavy (non-hydrogen) atoms. The molecule has 1 fully saturated rings. The molecule has 152 valence electrons. The molecule has 5 nitrogen and oxygen atoms in total. The van der Waals surface area contributed by atoms with Crippen LogP contribution in [0.2, 0.25) is 0 Å². The molecule has 0 spiro atoms. The summed E-state index contributed by atoms with van der Waals surface area (Å²) in [5.41, 5.74) is 1.90. The van der Waals surface area contributed by atoms with E-state index in [9.17, 15) is 13.2 Å². The highest BCUT2D eigenvalue weighted by Crippen LogP contribution is 2.33. The summed E-state index contributed by atoms with van der Waals surface area (Å²) in [6, 6.07) is 14.9. The van der Waals surface area contributed by atoms with E-state index < -0.39 is 9.84 Å². The van der Waals surface area contributed by atoms with Crippen LogP contribution < -0.4 is 0 Å². The van der Waals surface area contributed by atoms with Crippen LogP contribution in [0.3, 0.4) is 0 Å². The van der Waals surface area contributed by atoms with Crippen LogP contribution >= 0.6 is 11.3 Å². The van der Waals surface area contributed by atoms with Crippen molar-refractivity contribution in [2.24, 2.45) is 0 Å². The molecular formula is C22H24N2O3S2. The van der Waals surface area contributed by atoms with Crippen molar-refractivity contribution in [3.8, 4) is 0 Å². The van der Waals surface area contributed by atoms with Gasteiger partial charge < -0.3 is 4.90 Å². The molecule has 2 aromatic carbocycles. The number of aromatic nitrogens is 1. The summed E-state index contributed by atoms with van der Waals surface area (Å²) in [4.78, 5) is 19.7. The molecule has 0 radical (unpaired) electrons. The predicted molar refractivity (Wildman–Crippen MR) is 116 cm³/mol. The summed E-state index contributed by atoms with van der Waals surface area (Å²) in [5.74, 6) is 0.586. The molecule has 3 aromatic rings. The van der Waals surface area contributed by atoms with Gasteiger partial charge in [-0.2, -0.15) is 0 Å². The van der Waals surface area contributed by atoms with Gasteiger partial charge in [0.1, 0.15) is 0 Å². The van der Waals surface area contributed by atoms with Crippen molar-refractivity contribution in [1.82, 2.24) is 9.88 Å². The summed E-state index contributed by atoms with van der Waals surface area (Å²) in [5, 5.41) is 1.17. The number of likely N-dealkylation sites (tertiary alicyclic amines) is 1. The van der Waals surface area contributed by atoms with Gasteiger partial charge >= 0.3 is 0 Å². The molecule has 1 aliphatic heterocycles. The Kier molecular flexibility index (Phi) is 5.69. The van der Waals surface area contributed by atoms with Crippen molar-refractivity contribution < 1.29 is 13.2 Å². The number of fused-ring (bicyclic) bond motifs is 1. The lowest BCUT2D eigenvalue weighted by Gasteiger charge is -2.31. The van der Waals surface area contributed by atoms with Gasteiger partial charge in [0.15, 0.2) is 9.84 Å². The number of carbonyl (C=O) groups excluding carboxylic acids is 1. The molecule has 7 heteroatoms. The largest absolute Gasteiger partial charge is 0.342 e. The van der Waals surface area contributed by atoms with Crippen molar-refractivity contribution in [1.29, 1.82) is 0 Å². The van der Waals surface area contributed by atoms with E-state index in [0.717, 1.165) is 37.0 Å². The summed E-state index contributed by atoms with van der Waals surface area (Å²) in [6.07, 6.45) is 2.16. The number of thiazole rings is 1. The first-order valence-corrected chi connectivity index (χ1v) is 12.4. The highest BCUT2D eigenvalue weighted by Gasteiger charge is 2.26. The molecule has 0 bridgehead atoms. The highest BCUT2D eigenvalue weighted by atomic mass is 32.2. The number of para-hydroxylation sites is 1. The number of rotatable bonds is 5. The van der Waals surface area contributed by atoms with E-state index >= 15 is 0 Å². The van der Waals surface area contributed by atoms with Crippen LogP contribution in [0, 0.1) is 0 Å². The van der Waals surface area contributed by atoms with Crippen LogP contribution in [0.15, 0.2) is 53.4 Å². The molecule has 0 N–H and O–H groups in total. The normalized spacial score (nSPS) is 15.7. The Morgan fingerprint density at radius 3 is 2.45 bits per heavy atom. The average Bonchev–Trinajstić information content (AvgIpc) is 3.18. The fraction of sp³-hybridized carbons (Fsp3) is 0.364. The molecule has 1 saturated heterocycles. The SMILES string of the molecule is CCS(=O)(=O)c1ccc(CC(=O)N2CCC(c3nc4ccccc4s3)CC2)cc1. The quantitative estimate of drug-likeness (QED) is 0.615. The van der Waals surface area contributed by atoms with Gasteiger partial charge in [-0.05, 0) is 42.7 Å². The number of hydrogen-bond acceptors (Lipinski definition) is 5. The van der Waals surface area contributed by atoms with E-state index in [4.69, 9.17) is 4.98 Å². The Bertz CT molecular complexity index is 1080. The minimum atomic E-state index is -3.21. The summed E-state index contributed by atoms with van der Waals surface area (Å²) in [6.45, 7) is 3.11. The molecule has 0 saturated carbocycles. The average molecular weight is 429 g/mol. The fourth-order valence-electron chi connectivity index (χ4n) is 3.71. The number of piperidine rings is 1. The van der Waals surface area contributed by atoms with Crippen LogP contribution in [-0.2, 0) is 21.1 Å². The van der Waals surface area contributed by atoms with E-state index in [0.29, 0.717) is 17.2 Å². The van der Waals surface area contributed by atoms with Crippen LogP contribution in [0.1, 0.15) is 36.3 Å². The maximum atomic E-state index is 12.7. The predicted octanol–water partition coefficient (Wildman–Crippen LogP) is 4.04. The summed E-state index contributed by atoms with van der Waals surface area (Å²) >= 11 is 1.76. The van der Waals surface area contributed by atoms with Gasteiger partial charge in [-0.1, -0.05) is 31.2 Å². The molecule has 4 rings (SSSR count).